The molecule has 1 heteroatoms. The molecule has 0 bridgehead atoms. The molecular weight excluding hydrogens is 220 g/mol. The third kappa shape index (κ3) is 3.01. The normalized spacial score (nSPS) is 12.7. The molecule has 0 heterocycles. The zero-order valence-corrected chi connectivity index (χ0v) is 13.1. The quantitative estimate of drug-likeness (QED) is 0.651. The van der Waals surface area contributed by atoms with Crippen LogP contribution in [0.15, 0.2) is 12.1 Å². The Morgan fingerprint density at radius 1 is 0.889 bits per heavy atom. The fourth-order valence-electron chi connectivity index (χ4n) is 2.35. The molecule has 0 amide bonds. The molecule has 18 heavy (non-hydrogen) atoms. The van der Waals surface area contributed by atoms with Crippen LogP contribution in [0, 0.1) is 6.92 Å². The number of aryl methyl sites for hydroxylation is 1. The Hall–Kier alpha value is -1.11. The molecule has 1 aromatic rings. The summed E-state index contributed by atoms with van der Waals surface area (Å²) in [6.07, 6.45) is 0. The Labute approximate surface area is 112 Å². The first-order valence-electron chi connectivity index (χ1n) is 6.61. The van der Waals surface area contributed by atoms with Crippen molar-refractivity contribution in [2.75, 3.05) is 0 Å². The summed E-state index contributed by atoms with van der Waals surface area (Å²) in [6, 6.07) is 4.32. The standard InChI is InChI=1S/C17H26O/c1-11-9-13(16(3,4)5)15(12(2)18)14(10-11)17(6,7)8/h9-10H,1-8H3. The number of carbonyl (C=O) groups excluding carboxylic acids is 1. The molecule has 0 aliphatic heterocycles. The summed E-state index contributed by atoms with van der Waals surface area (Å²) in [5.74, 6) is 0.171. The van der Waals surface area contributed by atoms with Gasteiger partial charge in [-0.25, -0.2) is 0 Å². The van der Waals surface area contributed by atoms with Crippen molar-refractivity contribution in [3.05, 3.63) is 34.4 Å². The molecule has 0 radical (unpaired) electrons. The van der Waals surface area contributed by atoms with Crippen LogP contribution in [0.25, 0.3) is 0 Å². The molecule has 0 atom stereocenters. The summed E-state index contributed by atoms with van der Waals surface area (Å²) in [5.41, 5.74) is 4.47. The lowest BCUT2D eigenvalue weighted by Crippen LogP contribution is -2.23. The molecule has 100 valence electrons. The molecule has 0 spiro atoms. The minimum Gasteiger partial charge on any atom is -0.294 e. The second-order valence-corrected chi connectivity index (χ2v) is 7.29. The maximum absolute atomic E-state index is 12.1. The number of rotatable bonds is 1. The van der Waals surface area contributed by atoms with E-state index in [-0.39, 0.29) is 16.6 Å². The fraction of sp³-hybridized carbons (Fsp3) is 0.588. The van der Waals surface area contributed by atoms with Crippen molar-refractivity contribution in [3.63, 3.8) is 0 Å². The van der Waals surface area contributed by atoms with Gasteiger partial charge in [0.2, 0.25) is 0 Å². The molecule has 1 aromatic carbocycles. The Morgan fingerprint density at radius 2 is 1.22 bits per heavy atom. The first-order valence-corrected chi connectivity index (χ1v) is 6.61. The van der Waals surface area contributed by atoms with E-state index in [0.717, 1.165) is 5.56 Å². The Bertz CT molecular complexity index is 432. The zero-order chi connectivity index (χ0) is 14.3. The summed E-state index contributed by atoms with van der Waals surface area (Å²) in [6.45, 7) is 16.8. The van der Waals surface area contributed by atoms with E-state index in [9.17, 15) is 4.79 Å². The van der Waals surface area contributed by atoms with Gasteiger partial charge in [-0.1, -0.05) is 59.2 Å². The molecule has 0 aromatic heterocycles. The van der Waals surface area contributed by atoms with Crippen molar-refractivity contribution in [2.24, 2.45) is 0 Å². The van der Waals surface area contributed by atoms with Crippen molar-refractivity contribution in [3.8, 4) is 0 Å². The molecule has 1 rings (SSSR count). The number of benzene rings is 1. The molecule has 0 saturated heterocycles. The molecule has 0 unspecified atom stereocenters. The van der Waals surface area contributed by atoms with E-state index in [2.05, 4.69) is 60.6 Å². The van der Waals surface area contributed by atoms with Crippen molar-refractivity contribution < 1.29 is 4.79 Å². The Balaban J connectivity index is 3.74. The minimum atomic E-state index is -0.00692. The second-order valence-electron chi connectivity index (χ2n) is 7.29. The molecule has 0 N–H and O–H groups in total. The number of carbonyl (C=O) groups is 1. The fourth-order valence-corrected chi connectivity index (χ4v) is 2.35. The van der Waals surface area contributed by atoms with Crippen LogP contribution in [0.3, 0.4) is 0 Å². The number of hydrogen-bond acceptors (Lipinski definition) is 1. The summed E-state index contributed by atoms with van der Waals surface area (Å²) < 4.78 is 0. The van der Waals surface area contributed by atoms with Gasteiger partial charge in [0, 0.05) is 5.56 Å². The SMILES string of the molecule is CC(=O)c1c(C(C)(C)C)cc(C)cc1C(C)(C)C. The van der Waals surface area contributed by atoms with E-state index in [4.69, 9.17) is 0 Å². The molecular formula is C17H26O. The maximum atomic E-state index is 12.1. The predicted octanol–water partition coefficient (Wildman–Crippen LogP) is 4.79. The lowest BCUT2D eigenvalue weighted by atomic mass is 9.74. The summed E-state index contributed by atoms with van der Waals surface area (Å²) in [5, 5.41) is 0. The van der Waals surface area contributed by atoms with E-state index >= 15 is 0 Å². The van der Waals surface area contributed by atoms with Crippen molar-refractivity contribution >= 4 is 5.78 Å². The van der Waals surface area contributed by atoms with Crippen LogP contribution in [-0.4, -0.2) is 5.78 Å². The van der Waals surface area contributed by atoms with Gasteiger partial charge in [0.1, 0.15) is 0 Å². The molecule has 0 fully saturated rings. The maximum Gasteiger partial charge on any atom is 0.160 e. The minimum absolute atomic E-state index is 0.00692. The number of ketones is 1. The summed E-state index contributed by atoms with van der Waals surface area (Å²) in [7, 11) is 0. The average Bonchev–Trinajstić information content (AvgIpc) is 2.12. The van der Waals surface area contributed by atoms with Crippen molar-refractivity contribution in [1.29, 1.82) is 0 Å². The van der Waals surface area contributed by atoms with Crippen LogP contribution < -0.4 is 0 Å². The number of hydrogen-bond donors (Lipinski definition) is 0. The van der Waals surface area contributed by atoms with Gasteiger partial charge in [0.05, 0.1) is 0 Å². The van der Waals surface area contributed by atoms with Gasteiger partial charge in [-0.3, -0.25) is 4.79 Å². The molecule has 0 aliphatic rings. The zero-order valence-electron chi connectivity index (χ0n) is 13.1. The lowest BCUT2D eigenvalue weighted by Gasteiger charge is -2.29. The highest BCUT2D eigenvalue weighted by atomic mass is 16.1. The molecule has 0 saturated carbocycles. The van der Waals surface area contributed by atoms with E-state index in [0.29, 0.717) is 0 Å². The third-order valence-electron chi connectivity index (χ3n) is 3.25. The van der Waals surface area contributed by atoms with Gasteiger partial charge < -0.3 is 0 Å². The van der Waals surface area contributed by atoms with Gasteiger partial charge in [-0.05, 0) is 35.8 Å². The van der Waals surface area contributed by atoms with Gasteiger partial charge >= 0.3 is 0 Å². The highest BCUT2D eigenvalue weighted by molar-refractivity contribution is 5.98. The van der Waals surface area contributed by atoms with Crippen LogP contribution in [0.5, 0.6) is 0 Å². The topological polar surface area (TPSA) is 17.1 Å². The van der Waals surface area contributed by atoms with E-state index in [1.807, 2.05) is 0 Å². The first-order chi connectivity index (χ1) is 7.94. The van der Waals surface area contributed by atoms with Crippen LogP contribution >= 0.6 is 0 Å². The van der Waals surface area contributed by atoms with Gasteiger partial charge in [0.25, 0.3) is 0 Å². The molecule has 1 nitrogen and oxygen atoms in total. The van der Waals surface area contributed by atoms with Crippen molar-refractivity contribution in [1.82, 2.24) is 0 Å². The van der Waals surface area contributed by atoms with Crippen LogP contribution in [-0.2, 0) is 10.8 Å². The van der Waals surface area contributed by atoms with Crippen LogP contribution in [0.1, 0.15) is 75.5 Å². The first kappa shape index (κ1) is 14.9. The smallest absolute Gasteiger partial charge is 0.160 e. The molecule has 0 aliphatic carbocycles. The number of Topliss-reactive ketones (excluding diaryl/α,β-unsaturated/α-hetero) is 1. The Kier molecular flexibility index (Phi) is 3.76. The van der Waals surface area contributed by atoms with E-state index in [1.54, 1.807) is 6.92 Å². The summed E-state index contributed by atoms with van der Waals surface area (Å²) >= 11 is 0. The van der Waals surface area contributed by atoms with Crippen LogP contribution in [0.2, 0.25) is 0 Å². The van der Waals surface area contributed by atoms with Crippen molar-refractivity contribution in [2.45, 2.75) is 66.2 Å². The average molecular weight is 246 g/mol. The van der Waals surface area contributed by atoms with E-state index < -0.39 is 0 Å². The largest absolute Gasteiger partial charge is 0.294 e. The highest BCUT2D eigenvalue weighted by Crippen LogP contribution is 2.35. The summed E-state index contributed by atoms with van der Waals surface area (Å²) in [4.78, 5) is 12.1. The van der Waals surface area contributed by atoms with Gasteiger partial charge in [-0.15, -0.1) is 0 Å². The monoisotopic (exact) mass is 246 g/mol. The van der Waals surface area contributed by atoms with Crippen LogP contribution in [0.4, 0.5) is 0 Å². The second kappa shape index (κ2) is 4.53. The predicted molar refractivity (Wildman–Crippen MR) is 78.6 cm³/mol. The Morgan fingerprint density at radius 3 is 1.44 bits per heavy atom. The third-order valence-corrected chi connectivity index (χ3v) is 3.25. The lowest BCUT2D eigenvalue weighted by molar-refractivity contribution is 0.101. The van der Waals surface area contributed by atoms with Gasteiger partial charge in [-0.2, -0.15) is 0 Å². The van der Waals surface area contributed by atoms with Gasteiger partial charge in [0.15, 0.2) is 5.78 Å². The van der Waals surface area contributed by atoms with E-state index in [1.165, 1.54) is 16.7 Å². The highest BCUT2D eigenvalue weighted by Gasteiger charge is 2.27.